The second kappa shape index (κ2) is 9.81. The summed E-state index contributed by atoms with van der Waals surface area (Å²) in [4.78, 5) is 7.53. The van der Waals surface area contributed by atoms with Crippen LogP contribution in [0.1, 0.15) is 30.4 Å². The molecule has 0 atom stereocenters. The maximum Gasteiger partial charge on any atom is 0.152 e. The predicted octanol–water partition coefficient (Wildman–Crippen LogP) is 5.13. The van der Waals surface area contributed by atoms with Crippen LogP contribution >= 0.6 is 15.9 Å². The van der Waals surface area contributed by atoms with Crippen LogP contribution in [0.2, 0.25) is 0 Å². The third-order valence-electron chi connectivity index (χ3n) is 6.82. The second-order valence-electron chi connectivity index (χ2n) is 8.87. The molecule has 8 heteroatoms. The summed E-state index contributed by atoms with van der Waals surface area (Å²) < 4.78 is 3.33. The van der Waals surface area contributed by atoms with Crippen molar-refractivity contribution in [1.82, 2.24) is 9.55 Å². The van der Waals surface area contributed by atoms with Gasteiger partial charge in [0.25, 0.3) is 0 Å². The maximum atomic E-state index is 9.36. The highest BCUT2D eigenvalue weighted by molar-refractivity contribution is 9.10. The molecule has 1 fully saturated rings. The minimum Gasteiger partial charge on any atom is -0.396 e. The van der Waals surface area contributed by atoms with Gasteiger partial charge in [-0.2, -0.15) is 0 Å². The molecule has 0 aliphatic carbocycles. The van der Waals surface area contributed by atoms with Crippen molar-refractivity contribution in [3.63, 3.8) is 0 Å². The van der Waals surface area contributed by atoms with Gasteiger partial charge in [-0.25, -0.2) is 4.98 Å². The van der Waals surface area contributed by atoms with Crippen molar-refractivity contribution in [2.75, 3.05) is 61.7 Å². The van der Waals surface area contributed by atoms with Gasteiger partial charge in [0.1, 0.15) is 11.6 Å². The van der Waals surface area contributed by atoms with Crippen molar-refractivity contribution in [1.29, 1.82) is 0 Å². The summed E-state index contributed by atoms with van der Waals surface area (Å²) in [6.07, 6.45) is 3.09. The molecule has 1 aromatic carbocycles. The minimum absolute atomic E-state index is 0.276. The Hall–Kier alpha value is -2.45. The highest BCUT2D eigenvalue weighted by atomic mass is 79.9. The summed E-state index contributed by atoms with van der Waals surface area (Å²) in [6.45, 7) is 6.52. The number of fused-ring (bicyclic) bond motifs is 1. The maximum absolute atomic E-state index is 9.36. The first kappa shape index (κ1) is 23.7. The van der Waals surface area contributed by atoms with Crippen LogP contribution in [0.3, 0.4) is 0 Å². The van der Waals surface area contributed by atoms with Crippen LogP contribution in [0.25, 0.3) is 16.7 Å². The summed E-state index contributed by atoms with van der Waals surface area (Å²) in [5.74, 6) is 2.45. The Kier molecular flexibility index (Phi) is 7.05. The number of pyridine rings is 1. The first-order valence-corrected chi connectivity index (χ1v) is 12.5. The monoisotopic (exact) mass is 514 g/mol. The van der Waals surface area contributed by atoms with Crippen molar-refractivity contribution < 1.29 is 5.11 Å². The molecule has 1 saturated heterocycles. The zero-order valence-electron chi connectivity index (χ0n) is 20.2. The zero-order valence-corrected chi connectivity index (χ0v) is 21.8. The lowest BCUT2D eigenvalue weighted by Crippen LogP contribution is -2.34. The fraction of sp³-hybridized carbons (Fsp3) is 0.480. The van der Waals surface area contributed by atoms with E-state index in [4.69, 9.17) is 4.98 Å². The number of aromatic nitrogens is 2. The largest absolute Gasteiger partial charge is 0.396 e. The number of aliphatic hydroxyl groups excluding tert-OH is 1. The van der Waals surface area contributed by atoms with E-state index in [1.807, 2.05) is 21.1 Å². The van der Waals surface area contributed by atoms with Crippen LogP contribution in [0, 0.1) is 19.8 Å². The van der Waals surface area contributed by atoms with Gasteiger partial charge in [0, 0.05) is 51.4 Å². The van der Waals surface area contributed by atoms with Crippen LogP contribution in [-0.2, 0) is 0 Å². The van der Waals surface area contributed by atoms with Gasteiger partial charge in [0.2, 0.25) is 0 Å². The number of rotatable bonds is 7. The fourth-order valence-electron chi connectivity index (χ4n) is 5.23. The molecule has 2 aromatic heterocycles. The highest BCUT2D eigenvalue weighted by Crippen LogP contribution is 2.44. The molecule has 1 aliphatic heterocycles. The van der Waals surface area contributed by atoms with Gasteiger partial charge >= 0.3 is 0 Å². The second-order valence-corrected chi connectivity index (χ2v) is 9.78. The molecule has 3 aromatic rings. The Morgan fingerprint density at radius 1 is 1.03 bits per heavy atom. The molecule has 4 N–H and O–H groups in total. The van der Waals surface area contributed by atoms with E-state index in [1.165, 1.54) is 16.8 Å². The van der Waals surface area contributed by atoms with E-state index in [0.29, 0.717) is 5.92 Å². The summed E-state index contributed by atoms with van der Waals surface area (Å²) in [5.41, 5.74) is 6.68. The molecule has 178 valence electrons. The average molecular weight is 516 g/mol. The molecule has 0 amide bonds. The van der Waals surface area contributed by atoms with Crippen LogP contribution < -0.4 is 20.9 Å². The van der Waals surface area contributed by atoms with E-state index < -0.39 is 0 Å². The van der Waals surface area contributed by atoms with E-state index in [9.17, 15) is 5.11 Å². The predicted molar refractivity (Wildman–Crippen MR) is 144 cm³/mol. The Morgan fingerprint density at radius 2 is 1.70 bits per heavy atom. The molecule has 0 unspecified atom stereocenters. The molecular weight excluding hydrogens is 480 g/mol. The van der Waals surface area contributed by atoms with Gasteiger partial charge in [-0.1, -0.05) is 15.9 Å². The third-order valence-corrected chi connectivity index (χ3v) is 7.27. The molecule has 0 spiro atoms. The molecule has 1 aliphatic rings. The number of piperidine rings is 1. The SMILES string of the molecule is CNc1cc(N2CCC(CCO)CC2)c2c(NC)c(NC)n(-c3c(C)cc(Br)cc3C)c2n1. The van der Waals surface area contributed by atoms with Crippen molar-refractivity contribution >= 4 is 50.0 Å². The molecule has 33 heavy (non-hydrogen) atoms. The smallest absolute Gasteiger partial charge is 0.152 e. The topological polar surface area (TPSA) is 77.4 Å². The number of halogens is 1. The lowest BCUT2D eigenvalue weighted by atomic mass is 9.93. The number of benzene rings is 1. The first-order valence-electron chi connectivity index (χ1n) is 11.7. The summed E-state index contributed by atoms with van der Waals surface area (Å²) >= 11 is 3.64. The Balaban J connectivity index is 1.97. The van der Waals surface area contributed by atoms with Gasteiger partial charge in [-0.05, 0) is 62.3 Å². The van der Waals surface area contributed by atoms with Crippen molar-refractivity contribution in [3.8, 4) is 5.69 Å². The van der Waals surface area contributed by atoms with Crippen LogP contribution in [0.15, 0.2) is 22.7 Å². The normalized spacial score (nSPS) is 14.7. The van der Waals surface area contributed by atoms with E-state index in [-0.39, 0.29) is 6.61 Å². The van der Waals surface area contributed by atoms with Crippen LogP contribution in [-0.4, -0.2) is 55.5 Å². The summed E-state index contributed by atoms with van der Waals surface area (Å²) in [6, 6.07) is 6.48. The number of nitrogens with zero attached hydrogens (tertiary/aromatic N) is 3. The number of aliphatic hydroxyl groups is 1. The van der Waals surface area contributed by atoms with Crippen LogP contribution in [0.5, 0.6) is 0 Å². The molecular formula is C25H35BrN6O. The molecule has 4 rings (SSSR count). The third kappa shape index (κ3) is 4.26. The lowest BCUT2D eigenvalue weighted by molar-refractivity contribution is 0.240. The average Bonchev–Trinajstić information content (AvgIpc) is 3.11. The number of anilines is 4. The van der Waals surface area contributed by atoms with Crippen molar-refractivity contribution in [3.05, 3.63) is 33.8 Å². The Bertz CT molecular complexity index is 1130. The summed E-state index contributed by atoms with van der Waals surface area (Å²) in [7, 11) is 5.87. The molecule has 0 saturated carbocycles. The van der Waals surface area contributed by atoms with Crippen molar-refractivity contribution in [2.24, 2.45) is 5.92 Å². The number of aryl methyl sites for hydroxylation is 2. The van der Waals surface area contributed by atoms with Gasteiger partial charge in [-0.3, -0.25) is 4.57 Å². The molecule has 7 nitrogen and oxygen atoms in total. The standard InChI is InChI=1S/C25H35BrN6O/c1-15-12-18(26)13-16(2)23(15)32-24-21(22(28-4)25(32)29-5)19(14-20(27-3)30-24)31-9-6-17(7-10-31)8-11-33/h12-14,17,28-29,33H,6-11H2,1-5H3,(H,27,30). The van der Waals surface area contributed by atoms with Gasteiger partial charge < -0.3 is 26.0 Å². The van der Waals surface area contributed by atoms with Crippen LogP contribution in [0.4, 0.5) is 23.0 Å². The number of hydrogen-bond acceptors (Lipinski definition) is 6. The first-order chi connectivity index (χ1) is 15.9. The van der Waals surface area contributed by atoms with Gasteiger partial charge in [-0.15, -0.1) is 0 Å². The molecule has 0 bridgehead atoms. The quantitative estimate of drug-likeness (QED) is 0.350. The van der Waals surface area contributed by atoms with E-state index in [2.05, 4.69) is 73.4 Å². The van der Waals surface area contributed by atoms with E-state index in [1.54, 1.807) is 0 Å². The van der Waals surface area contributed by atoms with E-state index in [0.717, 1.165) is 70.9 Å². The van der Waals surface area contributed by atoms with E-state index >= 15 is 0 Å². The molecule has 3 heterocycles. The summed E-state index contributed by atoms with van der Waals surface area (Å²) in [5, 5.41) is 20.7. The highest BCUT2D eigenvalue weighted by Gasteiger charge is 2.27. The molecule has 0 radical (unpaired) electrons. The zero-order chi connectivity index (χ0) is 23.7. The Labute approximate surface area is 204 Å². The minimum atomic E-state index is 0.276. The van der Waals surface area contributed by atoms with Gasteiger partial charge in [0.15, 0.2) is 5.65 Å². The Morgan fingerprint density at radius 3 is 2.24 bits per heavy atom. The number of hydrogen-bond donors (Lipinski definition) is 4. The lowest BCUT2D eigenvalue weighted by Gasteiger charge is -2.34. The van der Waals surface area contributed by atoms with Crippen molar-refractivity contribution in [2.45, 2.75) is 33.1 Å². The van der Waals surface area contributed by atoms with Gasteiger partial charge in [0.05, 0.1) is 22.4 Å². The number of nitrogens with one attached hydrogen (secondary N) is 3. The fourth-order valence-corrected chi connectivity index (χ4v) is 5.92.